The van der Waals surface area contributed by atoms with Gasteiger partial charge in [0.25, 0.3) is 0 Å². The number of hydrogen-bond acceptors (Lipinski definition) is 7. The SMILES string of the molecule is Cc1ncc(C#Cc2c(C)ncnc2N2CCOCC2)cc1NSC(C)C. The highest BCUT2D eigenvalue weighted by Gasteiger charge is 2.17. The van der Waals surface area contributed by atoms with Crippen molar-refractivity contribution in [2.24, 2.45) is 0 Å². The smallest absolute Gasteiger partial charge is 0.148 e. The Balaban J connectivity index is 1.88. The summed E-state index contributed by atoms with van der Waals surface area (Å²) in [4.78, 5) is 15.5. The highest BCUT2D eigenvalue weighted by molar-refractivity contribution is 8.01. The standard InChI is InChI=1S/C20H25N5OS/c1-14(2)27-24-19-11-17(12-21-16(19)4)5-6-18-15(3)22-13-23-20(18)25-7-9-26-10-8-25/h11-14,24H,7-10H2,1-4H3. The van der Waals surface area contributed by atoms with Gasteiger partial charge in [0.2, 0.25) is 0 Å². The first-order valence-corrected chi connectivity index (χ1v) is 9.97. The van der Waals surface area contributed by atoms with Gasteiger partial charge in [0.1, 0.15) is 12.1 Å². The quantitative estimate of drug-likeness (QED) is 0.642. The van der Waals surface area contributed by atoms with Crippen LogP contribution in [0.15, 0.2) is 18.6 Å². The minimum atomic E-state index is 0.485. The number of nitrogens with zero attached hydrogens (tertiary/aromatic N) is 4. The van der Waals surface area contributed by atoms with Crippen molar-refractivity contribution in [1.29, 1.82) is 0 Å². The number of nitrogens with one attached hydrogen (secondary N) is 1. The highest BCUT2D eigenvalue weighted by Crippen LogP contribution is 2.22. The van der Waals surface area contributed by atoms with Crippen LogP contribution in [-0.2, 0) is 4.74 Å². The molecule has 0 unspecified atom stereocenters. The van der Waals surface area contributed by atoms with Crippen LogP contribution in [0.25, 0.3) is 0 Å². The van der Waals surface area contributed by atoms with Crippen molar-refractivity contribution >= 4 is 23.5 Å². The molecule has 0 bridgehead atoms. The predicted molar refractivity (Wildman–Crippen MR) is 111 cm³/mol. The van der Waals surface area contributed by atoms with Crippen molar-refractivity contribution in [3.63, 3.8) is 0 Å². The fourth-order valence-corrected chi connectivity index (χ4v) is 3.21. The molecule has 1 aliphatic heterocycles. The van der Waals surface area contributed by atoms with E-state index in [1.54, 1.807) is 24.5 Å². The summed E-state index contributed by atoms with van der Waals surface area (Å²) in [6, 6.07) is 2.04. The fourth-order valence-electron chi connectivity index (χ4n) is 2.64. The second-order valence-electron chi connectivity index (χ2n) is 6.63. The third kappa shape index (κ3) is 5.12. The second-order valence-corrected chi connectivity index (χ2v) is 8.02. The molecule has 1 N–H and O–H groups in total. The second kappa shape index (κ2) is 9.07. The molecular weight excluding hydrogens is 358 g/mol. The molecule has 3 rings (SSSR count). The average Bonchev–Trinajstić information content (AvgIpc) is 2.67. The lowest BCUT2D eigenvalue weighted by Gasteiger charge is -2.28. The highest BCUT2D eigenvalue weighted by atomic mass is 32.2. The lowest BCUT2D eigenvalue weighted by Crippen LogP contribution is -2.37. The topological polar surface area (TPSA) is 63.2 Å². The van der Waals surface area contributed by atoms with Crippen LogP contribution in [-0.4, -0.2) is 46.5 Å². The van der Waals surface area contributed by atoms with Gasteiger partial charge in [-0.25, -0.2) is 9.97 Å². The number of rotatable bonds is 4. The van der Waals surface area contributed by atoms with Crippen molar-refractivity contribution in [3.8, 4) is 11.8 Å². The van der Waals surface area contributed by atoms with Gasteiger partial charge in [0.15, 0.2) is 0 Å². The van der Waals surface area contributed by atoms with E-state index in [1.807, 2.05) is 19.9 Å². The molecule has 2 aromatic rings. The maximum Gasteiger partial charge on any atom is 0.148 e. The average molecular weight is 384 g/mol. The van der Waals surface area contributed by atoms with Gasteiger partial charge in [-0.1, -0.05) is 25.7 Å². The van der Waals surface area contributed by atoms with E-state index in [0.717, 1.165) is 47.1 Å². The summed E-state index contributed by atoms with van der Waals surface area (Å²) in [5.74, 6) is 7.39. The normalized spacial score (nSPS) is 14.0. The molecule has 0 aromatic carbocycles. The molecule has 1 saturated heterocycles. The molecule has 0 spiro atoms. The van der Waals surface area contributed by atoms with E-state index in [-0.39, 0.29) is 0 Å². The lowest BCUT2D eigenvalue weighted by atomic mass is 10.1. The van der Waals surface area contributed by atoms with Crippen molar-refractivity contribution in [2.75, 3.05) is 35.9 Å². The molecule has 27 heavy (non-hydrogen) atoms. The molecule has 7 heteroatoms. The van der Waals surface area contributed by atoms with Crippen molar-refractivity contribution in [3.05, 3.63) is 41.1 Å². The van der Waals surface area contributed by atoms with Crippen LogP contribution in [0.1, 0.15) is 36.4 Å². The molecule has 142 valence electrons. The third-order valence-electron chi connectivity index (χ3n) is 4.15. The molecule has 0 radical (unpaired) electrons. The fraction of sp³-hybridized carbons (Fsp3) is 0.450. The van der Waals surface area contributed by atoms with Gasteiger partial charge in [-0.2, -0.15) is 0 Å². The number of morpholine rings is 1. The van der Waals surface area contributed by atoms with Gasteiger partial charge in [0.05, 0.1) is 35.9 Å². The van der Waals surface area contributed by atoms with Crippen LogP contribution in [0.5, 0.6) is 0 Å². The zero-order chi connectivity index (χ0) is 19.2. The van der Waals surface area contributed by atoms with E-state index >= 15 is 0 Å². The van der Waals surface area contributed by atoms with Gasteiger partial charge in [-0.05, 0) is 31.9 Å². The van der Waals surface area contributed by atoms with E-state index < -0.39 is 0 Å². The Kier molecular flexibility index (Phi) is 6.54. The van der Waals surface area contributed by atoms with Gasteiger partial charge in [-0.3, -0.25) is 4.98 Å². The zero-order valence-corrected chi connectivity index (χ0v) is 17.1. The predicted octanol–water partition coefficient (Wildman–Crippen LogP) is 3.19. The Bertz CT molecular complexity index is 853. The van der Waals surface area contributed by atoms with Crippen LogP contribution >= 0.6 is 11.9 Å². The number of hydrogen-bond donors (Lipinski definition) is 1. The number of pyridine rings is 1. The number of aryl methyl sites for hydroxylation is 2. The summed E-state index contributed by atoms with van der Waals surface area (Å²) in [7, 11) is 0. The van der Waals surface area contributed by atoms with Crippen LogP contribution < -0.4 is 9.62 Å². The van der Waals surface area contributed by atoms with Crippen LogP contribution in [0, 0.1) is 25.7 Å². The molecule has 0 amide bonds. The largest absolute Gasteiger partial charge is 0.378 e. The summed E-state index contributed by atoms with van der Waals surface area (Å²) in [6.45, 7) is 11.3. The monoisotopic (exact) mass is 383 g/mol. The van der Waals surface area contributed by atoms with Crippen molar-refractivity contribution in [2.45, 2.75) is 32.9 Å². The first-order chi connectivity index (χ1) is 13.0. The summed E-state index contributed by atoms with van der Waals surface area (Å²) < 4.78 is 8.81. The molecule has 0 saturated carbocycles. The molecule has 1 aliphatic rings. The van der Waals surface area contributed by atoms with Gasteiger partial charge in [-0.15, -0.1) is 0 Å². The van der Waals surface area contributed by atoms with Gasteiger partial charge < -0.3 is 14.4 Å². The Labute approximate surface area is 165 Å². The number of anilines is 2. The van der Waals surface area contributed by atoms with Crippen LogP contribution in [0.2, 0.25) is 0 Å². The Hall–Kier alpha value is -2.30. The Morgan fingerprint density at radius 3 is 2.63 bits per heavy atom. The maximum atomic E-state index is 5.45. The number of ether oxygens (including phenoxy) is 1. The molecule has 0 aliphatic carbocycles. The van der Waals surface area contributed by atoms with E-state index in [9.17, 15) is 0 Å². The summed E-state index contributed by atoms with van der Waals surface area (Å²) in [5.41, 5.74) is 4.57. The molecule has 2 aromatic heterocycles. The number of aromatic nitrogens is 3. The van der Waals surface area contributed by atoms with E-state index in [1.165, 1.54) is 0 Å². The molecule has 0 atom stereocenters. The Morgan fingerprint density at radius 2 is 1.89 bits per heavy atom. The summed E-state index contributed by atoms with van der Waals surface area (Å²) >= 11 is 1.67. The minimum Gasteiger partial charge on any atom is -0.378 e. The van der Waals surface area contributed by atoms with E-state index in [4.69, 9.17) is 4.74 Å². The zero-order valence-electron chi connectivity index (χ0n) is 16.2. The van der Waals surface area contributed by atoms with Crippen LogP contribution in [0.4, 0.5) is 11.5 Å². The van der Waals surface area contributed by atoms with Gasteiger partial charge in [0, 0.05) is 30.1 Å². The maximum absolute atomic E-state index is 5.45. The summed E-state index contributed by atoms with van der Waals surface area (Å²) in [6.07, 6.45) is 3.41. The van der Waals surface area contributed by atoms with Crippen molar-refractivity contribution in [1.82, 2.24) is 15.0 Å². The molecule has 6 nitrogen and oxygen atoms in total. The molecule has 3 heterocycles. The van der Waals surface area contributed by atoms with Gasteiger partial charge >= 0.3 is 0 Å². The lowest BCUT2D eigenvalue weighted by molar-refractivity contribution is 0.122. The summed E-state index contributed by atoms with van der Waals surface area (Å²) in [5, 5.41) is 0.485. The third-order valence-corrected chi connectivity index (χ3v) is 4.96. The van der Waals surface area contributed by atoms with E-state index in [0.29, 0.717) is 18.5 Å². The minimum absolute atomic E-state index is 0.485. The Morgan fingerprint density at radius 1 is 1.11 bits per heavy atom. The first kappa shape index (κ1) is 19.5. The molecular formula is C20H25N5OS. The van der Waals surface area contributed by atoms with E-state index in [2.05, 4.69) is 50.3 Å². The molecule has 1 fully saturated rings. The van der Waals surface area contributed by atoms with Crippen molar-refractivity contribution < 1.29 is 4.74 Å². The van der Waals surface area contributed by atoms with Crippen LogP contribution in [0.3, 0.4) is 0 Å². The first-order valence-electron chi connectivity index (χ1n) is 9.09.